The standard InChI is InChI=1S/C6H7N.C5H14N2/c1-2-4-6-7-5-3-1;1-2-3-4-5(6)7/h1-7H;5H,2-4,6-7H2,1H3. The smallest absolute Gasteiger partial charge is 0.0520 e. The van der Waals surface area contributed by atoms with E-state index < -0.39 is 0 Å². The average molecular weight is 195 g/mol. The molecule has 0 unspecified atom stereocenters. The lowest BCUT2D eigenvalue weighted by atomic mass is 10.2. The third-order valence-corrected chi connectivity index (χ3v) is 1.61. The second-order valence-electron chi connectivity index (χ2n) is 3.08. The highest BCUT2D eigenvalue weighted by atomic mass is 14.8. The third kappa shape index (κ3) is 10.9. The highest BCUT2D eigenvalue weighted by molar-refractivity contribution is 5.14. The summed E-state index contributed by atoms with van der Waals surface area (Å²) in [5.74, 6) is 0. The van der Waals surface area contributed by atoms with E-state index in [1.807, 2.05) is 36.7 Å². The quantitative estimate of drug-likeness (QED) is 0.599. The van der Waals surface area contributed by atoms with Crippen molar-refractivity contribution in [1.29, 1.82) is 0 Å². The topological polar surface area (TPSA) is 64.1 Å². The van der Waals surface area contributed by atoms with Crippen molar-refractivity contribution in [2.75, 3.05) is 0 Å². The summed E-state index contributed by atoms with van der Waals surface area (Å²) in [6, 6.07) is 0. The lowest BCUT2D eigenvalue weighted by Crippen LogP contribution is -2.29. The Kier molecular flexibility index (Phi) is 9.26. The van der Waals surface area contributed by atoms with Crippen molar-refractivity contribution < 1.29 is 0 Å². The van der Waals surface area contributed by atoms with Crippen LogP contribution in [-0.4, -0.2) is 6.17 Å². The molecule has 0 aromatic heterocycles. The van der Waals surface area contributed by atoms with E-state index in [0.29, 0.717) is 0 Å². The maximum Gasteiger partial charge on any atom is 0.0520 e. The van der Waals surface area contributed by atoms with Gasteiger partial charge in [-0.3, -0.25) is 0 Å². The predicted molar refractivity (Wildman–Crippen MR) is 62.2 cm³/mol. The monoisotopic (exact) mass is 195 g/mol. The molecular weight excluding hydrogens is 174 g/mol. The first-order chi connectivity index (χ1) is 6.77. The molecule has 3 heteroatoms. The van der Waals surface area contributed by atoms with Gasteiger partial charge in [0.15, 0.2) is 0 Å². The zero-order valence-corrected chi connectivity index (χ0v) is 8.82. The molecule has 0 spiro atoms. The molecule has 1 aliphatic heterocycles. The molecule has 0 amide bonds. The molecule has 0 aromatic carbocycles. The molecule has 3 nitrogen and oxygen atoms in total. The number of nitrogens with two attached hydrogens (primary N) is 2. The molecule has 80 valence electrons. The van der Waals surface area contributed by atoms with E-state index in [2.05, 4.69) is 12.2 Å². The number of hydrogen-bond donors (Lipinski definition) is 3. The first-order valence-corrected chi connectivity index (χ1v) is 5.03. The van der Waals surface area contributed by atoms with Crippen molar-refractivity contribution in [2.45, 2.75) is 32.4 Å². The minimum absolute atomic E-state index is 0.0973. The van der Waals surface area contributed by atoms with E-state index in [1.165, 1.54) is 6.42 Å². The van der Waals surface area contributed by atoms with Crippen LogP contribution in [0, 0.1) is 0 Å². The molecule has 1 rings (SSSR count). The Labute approximate surface area is 86.5 Å². The highest BCUT2D eigenvalue weighted by Crippen LogP contribution is 1.91. The van der Waals surface area contributed by atoms with E-state index in [0.717, 1.165) is 12.8 Å². The van der Waals surface area contributed by atoms with Crippen molar-refractivity contribution >= 4 is 0 Å². The Balaban J connectivity index is 0.000000241. The summed E-state index contributed by atoms with van der Waals surface area (Å²) in [5, 5.41) is 2.92. The van der Waals surface area contributed by atoms with Crippen molar-refractivity contribution in [3.63, 3.8) is 0 Å². The lowest BCUT2D eigenvalue weighted by Gasteiger charge is -2.00. The van der Waals surface area contributed by atoms with Gasteiger partial charge in [-0.15, -0.1) is 0 Å². The van der Waals surface area contributed by atoms with Gasteiger partial charge in [0.1, 0.15) is 0 Å². The SMILES string of the molecule is C1=CC=CNC=C1.CCCCC(N)N. The van der Waals surface area contributed by atoms with Crippen molar-refractivity contribution in [1.82, 2.24) is 5.32 Å². The van der Waals surface area contributed by atoms with Crippen molar-refractivity contribution in [3.05, 3.63) is 36.7 Å². The van der Waals surface area contributed by atoms with Gasteiger partial charge in [-0.05, 0) is 18.6 Å². The number of nitrogens with one attached hydrogen (secondary N) is 1. The summed E-state index contributed by atoms with van der Waals surface area (Å²) in [6.45, 7) is 2.13. The van der Waals surface area contributed by atoms with Gasteiger partial charge in [-0.1, -0.05) is 31.9 Å². The third-order valence-electron chi connectivity index (χ3n) is 1.61. The molecule has 0 atom stereocenters. The van der Waals surface area contributed by atoms with Crippen LogP contribution in [0.2, 0.25) is 0 Å². The Hall–Kier alpha value is -1.06. The first-order valence-electron chi connectivity index (χ1n) is 5.03. The van der Waals surface area contributed by atoms with Gasteiger partial charge >= 0.3 is 0 Å². The number of rotatable bonds is 3. The zero-order chi connectivity index (χ0) is 10.6. The minimum Gasteiger partial charge on any atom is -0.368 e. The second-order valence-corrected chi connectivity index (χ2v) is 3.08. The fourth-order valence-electron chi connectivity index (χ4n) is 0.846. The fourth-order valence-corrected chi connectivity index (χ4v) is 0.846. The molecule has 0 saturated heterocycles. The molecule has 14 heavy (non-hydrogen) atoms. The minimum atomic E-state index is -0.0973. The van der Waals surface area contributed by atoms with Crippen molar-refractivity contribution in [3.8, 4) is 0 Å². The summed E-state index contributed by atoms with van der Waals surface area (Å²) in [7, 11) is 0. The summed E-state index contributed by atoms with van der Waals surface area (Å²) in [4.78, 5) is 0. The fraction of sp³-hybridized carbons (Fsp3) is 0.455. The van der Waals surface area contributed by atoms with Crippen LogP contribution < -0.4 is 16.8 Å². The number of hydrogen-bond acceptors (Lipinski definition) is 3. The van der Waals surface area contributed by atoms with Gasteiger partial charge in [0.2, 0.25) is 0 Å². The first kappa shape index (κ1) is 12.9. The van der Waals surface area contributed by atoms with E-state index >= 15 is 0 Å². The predicted octanol–water partition coefficient (Wildman–Crippen LogP) is 1.59. The Morgan fingerprint density at radius 3 is 2.00 bits per heavy atom. The molecule has 1 aliphatic rings. The van der Waals surface area contributed by atoms with Crippen LogP contribution in [0.4, 0.5) is 0 Å². The maximum atomic E-state index is 5.26. The van der Waals surface area contributed by atoms with E-state index in [9.17, 15) is 0 Å². The molecule has 0 fully saturated rings. The summed E-state index contributed by atoms with van der Waals surface area (Å²) < 4.78 is 0. The maximum absolute atomic E-state index is 5.26. The van der Waals surface area contributed by atoms with E-state index in [4.69, 9.17) is 11.5 Å². The highest BCUT2D eigenvalue weighted by Gasteiger charge is 1.88. The van der Waals surface area contributed by atoms with Crippen LogP contribution >= 0.6 is 0 Å². The van der Waals surface area contributed by atoms with Gasteiger partial charge in [-0.2, -0.15) is 0 Å². The van der Waals surface area contributed by atoms with Crippen LogP contribution in [0.5, 0.6) is 0 Å². The van der Waals surface area contributed by atoms with Gasteiger partial charge in [0.05, 0.1) is 6.17 Å². The number of unbranched alkanes of at least 4 members (excludes halogenated alkanes) is 1. The van der Waals surface area contributed by atoms with Gasteiger partial charge in [0.25, 0.3) is 0 Å². The molecule has 1 heterocycles. The molecule has 0 saturated carbocycles. The molecular formula is C11H21N3. The average Bonchev–Trinajstić information content (AvgIpc) is 2.46. The Morgan fingerprint density at radius 1 is 1.07 bits per heavy atom. The molecule has 0 aliphatic carbocycles. The molecule has 0 bridgehead atoms. The largest absolute Gasteiger partial charge is 0.368 e. The van der Waals surface area contributed by atoms with Crippen LogP contribution in [0.1, 0.15) is 26.2 Å². The molecule has 5 N–H and O–H groups in total. The lowest BCUT2D eigenvalue weighted by molar-refractivity contribution is 0.595. The van der Waals surface area contributed by atoms with Gasteiger partial charge < -0.3 is 16.8 Å². The van der Waals surface area contributed by atoms with Gasteiger partial charge in [0, 0.05) is 12.4 Å². The molecule has 0 radical (unpaired) electrons. The Bertz CT molecular complexity index is 179. The van der Waals surface area contributed by atoms with Crippen LogP contribution in [0.25, 0.3) is 0 Å². The van der Waals surface area contributed by atoms with Gasteiger partial charge in [-0.25, -0.2) is 0 Å². The summed E-state index contributed by atoms with van der Waals surface area (Å²) >= 11 is 0. The van der Waals surface area contributed by atoms with Crippen LogP contribution in [0.15, 0.2) is 36.7 Å². The normalized spacial score (nSPS) is 13.1. The van der Waals surface area contributed by atoms with Crippen LogP contribution in [-0.2, 0) is 0 Å². The number of allylic oxidation sites excluding steroid dienone is 4. The zero-order valence-electron chi connectivity index (χ0n) is 8.82. The van der Waals surface area contributed by atoms with Crippen molar-refractivity contribution in [2.24, 2.45) is 11.5 Å². The van der Waals surface area contributed by atoms with E-state index in [1.54, 1.807) is 0 Å². The second kappa shape index (κ2) is 10.0. The molecule has 0 aromatic rings. The van der Waals surface area contributed by atoms with Crippen LogP contribution in [0.3, 0.4) is 0 Å². The van der Waals surface area contributed by atoms with E-state index in [-0.39, 0.29) is 6.17 Å². The summed E-state index contributed by atoms with van der Waals surface area (Å²) in [6.07, 6.45) is 14.8. The summed E-state index contributed by atoms with van der Waals surface area (Å²) in [5.41, 5.74) is 10.5. The Morgan fingerprint density at radius 2 is 1.64 bits per heavy atom.